The van der Waals surface area contributed by atoms with E-state index >= 15 is 0 Å². The molecule has 0 saturated carbocycles. The number of piperazine rings is 1. The number of halogens is 1. The second kappa shape index (κ2) is 8.61. The Morgan fingerprint density at radius 1 is 1.22 bits per heavy atom. The highest BCUT2D eigenvalue weighted by molar-refractivity contribution is 5.91. The summed E-state index contributed by atoms with van der Waals surface area (Å²) in [5.41, 5.74) is 1.17. The van der Waals surface area contributed by atoms with Crippen molar-refractivity contribution in [3.8, 4) is 5.69 Å². The van der Waals surface area contributed by atoms with E-state index in [1.807, 2.05) is 30.3 Å². The van der Waals surface area contributed by atoms with Gasteiger partial charge in [0.2, 0.25) is 0 Å². The molecule has 1 aliphatic heterocycles. The van der Waals surface area contributed by atoms with E-state index in [0.717, 1.165) is 38.4 Å². The van der Waals surface area contributed by atoms with Gasteiger partial charge in [0.25, 0.3) is 5.91 Å². The van der Waals surface area contributed by atoms with Crippen LogP contribution in [0.15, 0.2) is 36.5 Å². The maximum absolute atomic E-state index is 12.1. The number of hydrogen-bond acceptors (Lipinski definition) is 5. The fourth-order valence-electron chi connectivity index (χ4n) is 2.41. The van der Waals surface area contributed by atoms with E-state index < -0.39 is 0 Å². The predicted octanol–water partition coefficient (Wildman–Crippen LogP) is 0.324. The zero-order valence-electron chi connectivity index (χ0n) is 12.8. The Bertz CT molecular complexity index is 611. The maximum Gasteiger partial charge on any atom is 0.273 e. The molecule has 23 heavy (non-hydrogen) atoms. The largest absolute Gasteiger partial charge is 0.349 e. The number of carbonyl (C=O) groups excluding carboxylic acids is 1. The van der Waals surface area contributed by atoms with Crippen LogP contribution in [-0.4, -0.2) is 65.1 Å². The van der Waals surface area contributed by atoms with Crippen LogP contribution in [0.3, 0.4) is 0 Å². The zero-order chi connectivity index (χ0) is 15.2. The summed E-state index contributed by atoms with van der Waals surface area (Å²) in [4.78, 5) is 15.9. The molecule has 1 saturated heterocycles. The topological polar surface area (TPSA) is 75.1 Å². The average molecular weight is 337 g/mol. The van der Waals surface area contributed by atoms with Gasteiger partial charge in [0.15, 0.2) is 5.69 Å². The molecule has 0 radical (unpaired) electrons. The van der Waals surface area contributed by atoms with E-state index in [0.29, 0.717) is 12.2 Å². The van der Waals surface area contributed by atoms with Crippen molar-refractivity contribution in [1.82, 2.24) is 30.5 Å². The standard InChI is InChI=1S/C15H20N6O.ClH/c22-15(17-8-11-20-9-6-16-7-10-20)14-12-18-21(19-14)13-4-2-1-3-5-13;/h1-5,12,16H,6-11H2,(H,17,22);1H. The lowest BCUT2D eigenvalue weighted by Crippen LogP contribution is -2.46. The summed E-state index contributed by atoms with van der Waals surface area (Å²) >= 11 is 0. The Labute approximate surface area is 141 Å². The van der Waals surface area contributed by atoms with Crippen LogP contribution in [-0.2, 0) is 0 Å². The molecule has 2 aromatic rings. The summed E-state index contributed by atoms with van der Waals surface area (Å²) in [6, 6.07) is 9.53. The fraction of sp³-hybridized carbons (Fsp3) is 0.400. The number of benzene rings is 1. The Balaban J connectivity index is 0.00000192. The van der Waals surface area contributed by atoms with Crippen molar-refractivity contribution in [2.75, 3.05) is 39.3 Å². The summed E-state index contributed by atoms with van der Waals surface area (Å²) in [5.74, 6) is -0.183. The maximum atomic E-state index is 12.1. The normalized spacial score (nSPS) is 15.0. The molecule has 2 N–H and O–H groups in total. The van der Waals surface area contributed by atoms with E-state index in [4.69, 9.17) is 0 Å². The van der Waals surface area contributed by atoms with Gasteiger partial charge in [-0.3, -0.25) is 9.69 Å². The van der Waals surface area contributed by atoms with E-state index in [1.54, 1.807) is 0 Å². The average Bonchev–Trinajstić information content (AvgIpc) is 3.07. The van der Waals surface area contributed by atoms with E-state index in [1.165, 1.54) is 11.0 Å². The van der Waals surface area contributed by atoms with Gasteiger partial charge in [-0.15, -0.1) is 17.5 Å². The number of nitrogens with one attached hydrogen (secondary N) is 2. The summed E-state index contributed by atoms with van der Waals surface area (Å²) in [7, 11) is 0. The van der Waals surface area contributed by atoms with Crippen molar-refractivity contribution in [2.24, 2.45) is 0 Å². The first-order valence-electron chi connectivity index (χ1n) is 7.52. The highest BCUT2D eigenvalue weighted by atomic mass is 35.5. The zero-order valence-corrected chi connectivity index (χ0v) is 13.6. The van der Waals surface area contributed by atoms with Gasteiger partial charge in [-0.05, 0) is 12.1 Å². The molecule has 0 unspecified atom stereocenters. The van der Waals surface area contributed by atoms with E-state index in [2.05, 4.69) is 25.7 Å². The minimum absolute atomic E-state index is 0. The first kappa shape index (κ1) is 17.4. The number of para-hydroxylation sites is 1. The summed E-state index contributed by atoms with van der Waals surface area (Å²) < 4.78 is 0. The van der Waals surface area contributed by atoms with Gasteiger partial charge in [0.05, 0.1) is 11.9 Å². The Hall–Kier alpha value is -1.96. The summed E-state index contributed by atoms with van der Waals surface area (Å²) in [6.07, 6.45) is 1.49. The molecule has 1 amide bonds. The van der Waals surface area contributed by atoms with Gasteiger partial charge >= 0.3 is 0 Å². The lowest BCUT2D eigenvalue weighted by Gasteiger charge is -2.26. The van der Waals surface area contributed by atoms with Gasteiger partial charge in [0.1, 0.15) is 0 Å². The lowest BCUT2D eigenvalue weighted by atomic mass is 10.3. The molecule has 8 heteroatoms. The minimum Gasteiger partial charge on any atom is -0.349 e. The van der Waals surface area contributed by atoms with Gasteiger partial charge < -0.3 is 10.6 Å². The van der Waals surface area contributed by atoms with Crippen LogP contribution in [0.4, 0.5) is 0 Å². The number of rotatable bonds is 5. The lowest BCUT2D eigenvalue weighted by molar-refractivity contribution is 0.0942. The summed E-state index contributed by atoms with van der Waals surface area (Å²) in [5, 5.41) is 14.5. The van der Waals surface area contributed by atoms with Crippen LogP contribution in [0.2, 0.25) is 0 Å². The molecule has 0 spiro atoms. The van der Waals surface area contributed by atoms with Crippen LogP contribution in [0, 0.1) is 0 Å². The van der Waals surface area contributed by atoms with Crippen LogP contribution in [0.25, 0.3) is 5.69 Å². The SMILES string of the molecule is Cl.O=C(NCCN1CCNCC1)c1cnn(-c2ccccc2)n1. The van der Waals surface area contributed by atoms with Gasteiger partial charge in [-0.25, -0.2) is 0 Å². The van der Waals surface area contributed by atoms with Crippen LogP contribution >= 0.6 is 12.4 Å². The number of hydrogen-bond donors (Lipinski definition) is 2. The van der Waals surface area contributed by atoms with Crippen LogP contribution < -0.4 is 10.6 Å². The number of aromatic nitrogens is 3. The molecular weight excluding hydrogens is 316 g/mol. The highest BCUT2D eigenvalue weighted by Crippen LogP contribution is 2.04. The third-order valence-electron chi connectivity index (χ3n) is 3.63. The molecule has 1 fully saturated rings. The predicted molar refractivity (Wildman–Crippen MR) is 90.2 cm³/mol. The van der Waals surface area contributed by atoms with Crippen molar-refractivity contribution in [1.29, 1.82) is 0 Å². The van der Waals surface area contributed by atoms with Crippen molar-refractivity contribution in [3.05, 3.63) is 42.2 Å². The molecule has 1 aromatic heterocycles. The van der Waals surface area contributed by atoms with Crippen molar-refractivity contribution in [3.63, 3.8) is 0 Å². The van der Waals surface area contributed by atoms with Gasteiger partial charge in [0, 0.05) is 39.3 Å². The summed E-state index contributed by atoms with van der Waals surface area (Å²) in [6.45, 7) is 5.57. The molecule has 1 aliphatic rings. The third kappa shape index (κ3) is 4.75. The first-order valence-corrected chi connectivity index (χ1v) is 7.52. The second-order valence-corrected chi connectivity index (χ2v) is 5.20. The third-order valence-corrected chi connectivity index (χ3v) is 3.63. The molecule has 0 bridgehead atoms. The molecular formula is C15H21ClN6O. The minimum atomic E-state index is -0.183. The Kier molecular flexibility index (Phi) is 6.52. The molecule has 2 heterocycles. The number of carbonyl (C=O) groups is 1. The molecule has 0 atom stereocenters. The number of nitrogens with zero attached hydrogens (tertiary/aromatic N) is 4. The highest BCUT2D eigenvalue weighted by Gasteiger charge is 2.13. The molecule has 3 rings (SSSR count). The molecule has 7 nitrogen and oxygen atoms in total. The Morgan fingerprint density at radius 3 is 2.70 bits per heavy atom. The quantitative estimate of drug-likeness (QED) is 0.822. The monoisotopic (exact) mass is 336 g/mol. The van der Waals surface area contributed by atoms with E-state index in [-0.39, 0.29) is 18.3 Å². The van der Waals surface area contributed by atoms with Crippen molar-refractivity contribution in [2.45, 2.75) is 0 Å². The molecule has 0 aliphatic carbocycles. The Morgan fingerprint density at radius 2 is 1.96 bits per heavy atom. The van der Waals surface area contributed by atoms with Gasteiger partial charge in [-0.1, -0.05) is 18.2 Å². The molecule has 1 aromatic carbocycles. The van der Waals surface area contributed by atoms with Gasteiger partial charge in [-0.2, -0.15) is 9.90 Å². The molecule has 124 valence electrons. The van der Waals surface area contributed by atoms with Crippen molar-refractivity contribution < 1.29 is 4.79 Å². The smallest absolute Gasteiger partial charge is 0.273 e. The van der Waals surface area contributed by atoms with Crippen molar-refractivity contribution >= 4 is 18.3 Å². The second-order valence-electron chi connectivity index (χ2n) is 5.20. The number of amides is 1. The first-order chi connectivity index (χ1) is 10.8. The van der Waals surface area contributed by atoms with E-state index in [9.17, 15) is 4.79 Å². The van der Waals surface area contributed by atoms with Crippen LogP contribution in [0.5, 0.6) is 0 Å². The van der Waals surface area contributed by atoms with Crippen LogP contribution in [0.1, 0.15) is 10.5 Å². The fourth-order valence-corrected chi connectivity index (χ4v) is 2.41.